The highest BCUT2D eigenvalue weighted by Crippen LogP contribution is 2.11. The highest BCUT2D eigenvalue weighted by molar-refractivity contribution is 5.93. The van der Waals surface area contributed by atoms with Crippen molar-refractivity contribution in [1.29, 1.82) is 0 Å². The fourth-order valence-electron chi connectivity index (χ4n) is 1.99. The van der Waals surface area contributed by atoms with Crippen LogP contribution in [0.3, 0.4) is 0 Å². The van der Waals surface area contributed by atoms with Gasteiger partial charge in [0.2, 0.25) is 0 Å². The van der Waals surface area contributed by atoms with Crippen molar-refractivity contribution >= 4 is 5.84 Å². The number of rotatable bonds is 3. The van der Waals surface area contributed by atoms with Crippen molar-refractivity contribution in [2.45, 2.75) is 12.5 Å². The fourth-order valence-corrected chi connectivity index (χ4v) is 1.99. The Bertz CT molecular complexity index is 290. The van der Waals surface area contributed by atoms with Crippen molar-refractivity contribution in [2.75, 3.05) is 40.0 Å². The van der Waals surface area contributed by atoms with E-state index in [0.29, 0.717) is 6.04 Å². The zero-order valence-electron chi connectivity index (χ0n) is 9.80. The maximum atomic E-state index is 5.88. The van der Waals surface area contributed by atoms with Gasteiger partial charge in [-0.05, 0) is 12.5 Å². The molecule has 16 heavy (non-hydrogen) atoms. The number of hydrogen-bond acceptors (Lipinski definition) is 5. The molecule has 5 nitrogen and oxygen atoms in total. The van der Waals surface area contributed by atoms with E-state index >= 15 is 0 Å². The van der Waals surface area contributed by atoms with E-state index in [1.165, 1.54) is 0 Å². The Hall–Kier alpha value is -1.07. The summed E-state index contributed by atoms with van der Waals surface area (Å²) in [6.07, 6.45) is 5.22. The molecule has 1 fully saturated rings. The number of methoxy groups -OCH3 is 1. The molecule has 2 heterocycles. The van der Waals surface area contributed by atoms with Crippen molar-refractivity contribution in [1.82, 2.24) is 9.80 Å². The average molecular weight is 224 g/mol. The molecule has 0 amide bonds. The molecule has 0 saturated carbocycles. The lowest BCUT2D eigenvalue weighted by atomic mass is 10.3. The van der Waals surface area contributed by atoms with Gasteiger partial charge in [-0.1, -0.05) is 0 Å². The molecule has 5 heteroatoms. The van der Waals surface area contributed by atoms with Crippen molar-refractivity contribution in [2.24, 2.45) is 10.7 Å². The van der Waals surface area contributed by atoms with Gasteiger partial charge < -0.3 is 20.3 Å². The second-order valence-electron chi connectivity index (χ2n) is 4.27. The molecular formula is C11H20N4O. The van der Waals surface area contributed by atoms with Gasteiger partial charge in [-0.2, -0.15) is 0 Å². The van der Waals surface area contributed by atoms with Gasteiger partial charge in [0, 0.05) is 39.0 Å². The zero-order valence-corrected chi connectivity index (χ0v) is 9.80. The monoisotopic (exact) mass is 224 g/mol. The van der Waals surface area contributed by atoms with Crippen LogP contribution >= 0.6 is 0 Å². The second kappa shape index (κ2) is 5.32. The van der Waals surface area contributed by atoms with Crippen LogP contribution in [-0.2, 0) is 4.74 Å². The predicted octanol–water partition coefficient (Wildman–Crippen LogP) is -0.149. The molecule has 0 radical (unpaired) electrons. The van der Waals surface area contributed by atoms with Gasteiger partial charge in [-0.3, -0.25) is 0 Å². The molecule has 90 valence electrons. The van der Waals surface area contributed by atoms with Crippen LogP contribution < -0.4 is 5.73 Å². The average Bonchev–Trinajstić information content (AvgIpc) is 2.74. The Morgan fingerprint density at radius 2 is 2.50 bits per heavy atom. The van der Waals surface area contributed by atoms with Gasteiger partial charge in [0.05, 0.1) is 6.61 Å². The third-order valence-electron chi connectivity index (χ3n) is 2.98. The number of nitrogens with two attached hydrogens (primary N) is 1. The fraction of sp³-hybridized carbons (Fsp3) is 0.727. The zero-order chi connectivity index (χ0) is 11.4. The van der Waals surface area contributed by atoms with E-state index in [1.807, 2.05) is 0 Å². The van der Waals surface area contributed by atoms with Gasteiger partial charge in [0.1, 0.15) is 12.5 Å². The summed E-state index contributed by atoms with van der Waals surface area (Å²) in [6.45, 7) is 4.32. The summed E-state index contributed by atoms with van der Waals surface area (Å²) in [5.74, 6) is 1.07. The van der Waals surface area contributed by atoms with E-state index in [2.05, 4.69) is 27.1 Å². The number of aliphatic imine (C=N–C) groups is 1. The largest absolute Gasteiger partial charge is 0.383 e. The van der Waals surface area contributed by atoms with Crippen LogP contribution in [0.25, 0.3) is 0 Å². The molecule has 0 aromatic rings. The maximum absolute atomic E-state index is 5.88. The Morgan fingerprint density at radius 1 is 1.62 bits per heavy atom. The quantitative estimate of drug-likeness (QED) is 0.724. The molecule has 2 aliphatic rings. The van der Waals surface area contributed by atoms with E-state index in [4.69, 9.17) is 10.5 Å². The molecule has 1 saturated heterocycles. The SMILES string of the molecule is COCCN1C=CC(N2CC[C@@H](N)C2)=NC1. The number of hydrogen-bond donors (Lipinski definition) is 1. The summed E-state index contributed by atoms with van der Waals surface area (Å²) < 4.78 is 5.03. The minimum Gasteiger partial charge on any atom is -0.383 e. The molecule has 2 aliphatic heterocycles. The first kappa shape index (κ1) is 11.4. The molecule has 0 aromatic heterocycles. The molecule has 0 bridgehead atoms. The first-order valence-electron chi connectivity index (χ1n) is 5.76. The summed E-state index contributed by atoms with van der Waals surface area (Å²) in [4.78, 5) is 8.95. The van der Waals surface area contributed by atoms with Gasteiger partial charge in [0.15, 0.2) is 0 Å². The second-order valence-corrected chi connectivity index (χ2v) is 4.27. The van der Waals surface area contributed by atoms with E-state index in [1.54, 1.807) is 7.11 Å². The number of ether oxygens (including phenoxy) is 1. The number of likely N-dealkylation sites (tertiary alicyclic amines) is 1. The lowest BCUT2D eigenvalue weighted by molar-refractivity contribution is 0.170. The van der Waals surface area contributed by atoms with Gasteiger partial charge in [-0.15, -0.1) is 0 Å². The Labute approximate surface area is 96.6 Å². The van der Waals surface area contributed by atoms with Crippen LogP contribution in [0.2, 0.25) is 0 Å². The summed E-state index contributed by atoms with van der Waals surface area (Å²) in [7, 11) is 1.72. The third kappa shape index (κ3) is 2.74. The van der Waals surface area contributed by atoms with Crippen LogP contribution in [0.15, 0.2) is 17.3 Å². The van der Waals surface area contributed by atoms with Gasteiger partial charge >= 0.3 is 0 Å². The van der Waals surface area contributed by atoms with Crippen LogP contribution in [0.4, 0.5) is 0 Å². The van der Waals surface area contributed by atoms with E-state index in [9.17, 15) is 0 Å². The molecule has 0 aliphatic carbocycles. The Balaban J connectivity index is 1.82. The van der Waals surface area contributed by atoms with Crippen LogP contribution in [0, 0.1) is 0 Å². The van der Waals surface area contributed by atoms with Gasteiger partial charge in [-0.25, -0.2) is 4.99 Å². The molecule has 2 N–H and O–H groups in total. The van der Waals surface area contributed by atoms with Crippen molar-refractivity contribution in [3.05, 3.63) is 12.3 Å². The first-order chi connectivity index (χ1) is 7.79. The van der Waals surface area contributed by atoms with Crippen LogP contribution in [0.5, 0.6) is 0 Å². The Morgan fingerprint density at radius 3 is 3.06 bits per heavy atom. The molecule has 0 aromatic carbocycles. The predicted molar refractivity (Wildman–Crippen MR) is 64.2 cm³/mol. The molecular weight excluding hydrogens is 204 g/mol. The summed E-state index contributed by atoms with van der Waals surface area (Å²) in [5.41, 5.74) is 5.88. The molecule has 2 rings (SSSR count). The summed E-state index contributed by atoms with van der Waals surface area (Å²) >= 11 is 0. The lowest BCUT2D eigenvalue weighted by Gasteiger charge is -2.25. The molecule has 0 spiro atoms. The molecule has 1 atom stereocenters. The summed E-state index contributed by atoms with van der Waals surface area (Å²) in [6, 6.07) is 0.308. The first-order valence-corrected chi connectivity index (χ1v) is 5.76. The topological polar surface area (TPSA) is 54.1 Å². The highest BCUT2D eigenvalue weighted by atomic mass is 16.5. The van der Waals surface area contributed by atoms with E-state index in [-0.39, 0.29) is 0 Å². The standard InChI is InChI=1S/C11H20N4O/c1-16-7-6-14-4-3-11(13-9-14)15-5-2-10(12)8-15/h3-4,10H,2,5-9,12H2,1H3/t10-/m1/s1. The van der Waals surface area contributed by atoms with Crippen LogP contribution in [0.1, 0.15) is 6.42 Å². The van der Waals surface area contributed by atoms with E-state index < -0.39 is 0 Å². The van der Waals surface area contributed by atoms with Crippen molar-refractivity contribution in [3.8, 4) is 0 Å². The normalized spacial score (nSPS) is 25.1. The lowest BCUT2D eigenvalue weighted by Crippen LogP contribution is -2.34. The van der Waals surface area contributed by atoms with E-state index in [0.717, 1.165) is 45.2 Å². The minimum absolute atomic E-state index is 0.308. The van der Waals surface area contributed by atoms with Crippen molar-refractivity contribution in [3.63, 3.8) is 0 Å². The van der Waals surface area contributed by atoms with Gasteiger partial charge in [0.25, 0.3) is 0 Å². The maximum Gasteiger partial charge on any atom is 0.127 e. The third-order valence-corrected chi connectivity index (χ3v) is 2.98. The highest BCUT2D eigenvalue weighted by Gasteiger charge is 2.21. The number of amidine groups is 1. The minimum atomic E-state index is 0.308. The Kier molecular flexibility index (Phi) is 3.79. The van der Waals surface area contributed by atoms with Crippen molar-refractivity contribution < 1.29 is 4.74 Å². The summed E-state index contributed by atoms with van der Waals surface area (Å²) in [5, 5.41) is 0. The molecule has 0 unspecified atom stereocenters. The van der Waals surface area contributed by atoms with Crippen LogP contribution in [-0.4, -0.2) is 61.7 Å². The number of nitrogens with zero attached hydrogens (tertiary/aromatic N) is 3. The smallest absolute Gasteiger partial charge is 0.127 e.